The molecule has 0 N–H and O–H groups in total. The second-order valence-corrected chi connectivity index (χ2v) is 5.93. The van der Waals surface area contributed by atoms with E-state index in [1.54, 1.807) is 11.3 Å². The Morgan fingerprint density at radius 1 is 1.61 bits per heavy atom. The van der Waals surface area contributed by atoms with Crippen LogP contribution in [0.3, 0.4) is 0 Å². The molecule has 98 valence electrons. The first kappa shape index (κ1) is 12.0. The molecule has 0 spiro atoms. The fourth-order valence-electron chi connectivity index (χ4n) is 3.03. The molecule has 1 aromatic rings. The van der Waals surface area contributed by atoms with Crippen LogP contribution in [0.15, 0.2) is 5.38 Å². The molecule has 0 amide bonds. The lowest BCUT2D eigenvalue weighted by Crippen LogP contribution is -2.31. The molecule has 1 saturated heterocycles. The van der Waals surface area contributed by atoms with E-state index in [2.05, 4.69) is 9.88 Å². The topological polar surface area (TPSA) is 42.4 Å². The van der Waals surface area contributed by atoms with Crippen LogP contribution in [0.2, 0.25) is 0 Å². The smallest absolute Gasteiger partial charge is 0.311 e. The summed E-state index contributed by atoms with van der Waals surface area (Å²) >= 11 is 1.65. The summed E-state index contributed by atoms with van der Waals surface area (Å²) in [5.74, 6) is 0.685. The average molecular weight is 266 g/mol. The Morgan fingerprint density at radius 2 is 2.50 bits per heavy atom. The minimum Gasteiger partial charge on any atom is -0.466 e. The number of aromatic nitrogens is 1. The Kier molecular flexibility index (Phi) is 3.24. The van der Waals surface area contributed by atoms with Gasteiger partial charge in [0.05, 0.1) is 18.7 Å². The zero-order valence-electron chi connectivity index (χ0n) is 10.6. The van der Waals surface area contributed by atoms with Gasteiger partial charge in [-0.15, -0.1) is 11.3 Å². The second-order valence-electron chi connectivity index (χ2n) is 5.09. The van der Waals surface area contributed by atoms with E-state index in [1.807, 2.05) is 12.3 Å². The van der Waals surface area contributed by atoms with Gasteiger partial charge in [0, 0.05) is 18.0 Å². The van der Waals surface area contributed by atoms with Crippen LogP contribution in [-0.4, -0.2) is 30.1 Å². The largest absolute Gasteiger partial charge is 0.466 e. The van der Waals surface area contributed by atoms with Gasteiger partial charge in [-0.1, -0.05) is 0 Å². The molecule has 4 nitrogen and oxygen atoms in total. The highest BCUT2D eigenvalue weighted by atomic mass is 32.1. The minimum atomic E-state index is -0.183. The monoisotopic (exact) mass is 266 g/mol. The van der Waals surface area contributed by atoms with E-state index < -0.39 is 0 Å². The van der Waals surface area contributed by atoms with Crippen molar-refractivity contribution in [3.05, 3.63) is 11.1 Å². The summed E-state index contributed by atoms with van der Waals surface area (Å²) < 4.78 is 4.94. The van der Waals surface area contributed by atoms with Crippen LogP contribution in [0, 0.1) is 5.92 Å². The van der Waals surface area contributed by atoms with Crippen molar-refractivity contribution >= 4 is 22.4 Å². The lowest BCUT2D eigenvalue weighted by atomic mass is 10.1. The van der Waals surface area contributed by atoms with Crippen molar-refractivity contribution < 1.29 is 9.53 Å². The quantitative estimate of drug-likeness (QED) is 0.784. The summed E-state index contributed by atoms with van der Waals surface area (Å²) in [5, 5.41) is 3.07. The average Bonchev–Trinajstić information content (AvgIpc) is 3.03. The lowest BCUT2D eigenvalue weighted by Gasteiger charge is -2.26. The molecule has 1 aliphatic carbocycles. The van der Waals surface area contributed by atoms with Crippen LogP contribution >= 0.6 is 11.3 Å². The predicted octanol–water partition coefficient (Wildman–Crippen LogP) is 2.24. The summed E-state index contributed by atoms with van der Waals surface area (Å²) in [6.07, 6.45) is 4.30. The van der Waals surface area contributed by atoms with Gasteiger partial charge < -0.3 is 9.64 Å². The van der Waals surface area contributed by atoms with Crippen LogP contribution in [0.5, 0.6) is 0 Å². The summed E-state index contributed by atoms with van der Waals surface area (Å²) in [6, 6.07) is 0.691. The van der Waals surface area contributed by atoms with Crippen LogP contribution in [-0.2, 0) is 16.0 Å². The molecule has 0 radical (unpaired) electrons. The summed E-state index contributed by atoms with van der Waals surface area (Å²) in [6.45, 7) is 3.41. The van der Waals surface area contributed by atoms with Crippen LogP contribution in [0.25, 0.3) is 0 Å². The Hall–Kier alpha value is -1.10. The maximum Gasteiger partial charge on any atom is 0.311 e. The van der Waals surface area contributed by atoms with Gasteiger partial charge in [0.2, 0.25) is 0 Å². The van der Waals surface area contributed by atoms with Gasteiger partial charge >= 0.3 is 5.97 Å². The molecule has 1 saturated carbocycles. The van der Waals surface area contributed by atoms with Crippen molar-refractivity contribution in [2.24, 2.45) is 5.92 Å². The molecule has 2 heterocycles. The summed E-state index contributed by atoms with van der Waals surface area (Å²) in [4.78, 5) is 18.4. The number of fused-ring (bicyclic) bond motifs is 2. The Morgan fingerprint density at radius 3 is 3.17 bits per heavy atom. The van der Waals surface area contributed by atoms with E-state index in [-0.39, 0.29) is 5.97 Å². The number of piperidine rings is 1. The van der Waals surface area contributed by atoms with E-state index >= 15 is 0 Å². The normalized spacial score (nSPS) is 25.7. The van der Waals surface area contributed by atoms with Crippen molar-refractivity contribution in [2.45, 2.75) is 38.6 Å². The number of rotatable bonds is 4. The van der Waals surface area contributed by atoms with Gasteiger partial charge in [0.25, 0.3) is 0 Å². The van der Waals surface area contributed by atoms with Gasteiger partial charge in [0.15, 0.2) is 5.13 Å². The van der Waals surface area contributed by atoms with Gasteiger partial charge in [0.1, 0.15) is 0 Å². The van der Waals surface area contributed by atoms with Crippen molar-refractivity contribution in [1.82, 2.24) is 4.98 Å². The molecule has 2 atom stereocenters. The van der Waals surface area contributed by atoms with Gasteiger partial charge in [-0.25, -0.2) is 4.98 Å². The SMILES string of the molecule is CCOC(=O)Cc1csc(N2CC3CCC2C3)n1. The van der Waals surface area contributed by atoms with E-state index in [9.17, 15) is 4.79 Å². The molecule has 2 fully saturated rings. The van der Waals surface area contributed by atoms with E-state index in [0.717, 1.165) is 23.3 Å². The van der Waals surface area contributed by atoms with E-state index in [1.165, 1.54) is 19.3 Å². The van der Waals surface area contributed by atoms with Crippen molar-refractivity contribution in [3.8, 4) is 0 Å². The minimum absolute atomic E-state index is 0.183. The first-order valence-electron chi connectivity index (χ1n) is 6.63. The zero-order valence-corrected chi connectivity index (χ0v) is 11.4. The molecular weight excluding hydrogens is 248 g/mol. The Bertz CT molecular complexity index is 446. The van der Waals surface area contributed by atoms with Gasteiger partial charge in [-0.05, 0) is 32.1 Å². The number of carbonyl (C=O) groups is 1. The van der Waals surface area contributed by atoms with Crippen molar-refractivity contribution in [2.75, 3.05) is 18.1 Å². The molecule has 3 rings (SSSR count). The van der Waals surface area contributed by atoms with Crippen molar-refractivity contribution in [1.29, 1.82) is 0 Å². The zero-order chi connectivity index (χ0) is 12.5. The highest BCUT2D eigenvalue weighted by Crippen LogP contribution is 2.41. The lowest BCUT2D eigenvalue weighted by molar-refractivity contribution is -0.142. The fourth-order valence-corrected chi connectivity index (χ4v) is 3.93. The number of carbonyl (C=O) groups excluding carboxylic acids is 1. The third-order valence-electron chi connectivity index (χ3n) is 3.83. The van der Waals surface area contributed by atoms with E-state index in [4.69, 9.17) is 4.74 Å². The number of hydrogen-bond acceptors (Lipinski definition) is 5. The molecule has 0 aromatic carbocycles. The van der Waals surface area contributed by atoms with Crippen LogP contribution < -0.4 is 4.90 Å². The molecule has 1 aromatic heterocycles. The molecule has 2 aliphatic rings. The maximum absolute atomic E-state index is 11.4. The summed E-state index contributed by atoms with van der Waals surface area (Å²) in [5.41, 5.74) is 0.844. The highest BCUT2D eigenvalue weighted by Gasteiger charge is 2.38. The highest BCUT2D eigenvalue weighted by molar-refractivity contribution is 7.13. The van der Waals surface area contributed by atoms with Crippen molar-refractivity contribution in [3.63, 3.8) is 0 Å². The van der Waals surface area contributed by atoms with Crippen LogP contribution in [0.4, 0.5) is 5.13 Å². The molecule has 5 heteroatoms. The Labute approximate surface area is 111 Å². The number of ether oxygens (including phenoxy) is 1. The molecular formula is C13H18N2O2S. The molecule has 2 unspecified atom stereocenters. The number of anilines is 1. The third-order valence-corrected chi connectivity index (χ3v) is 4.75. The summed E-state index contributed by atoms with van der Waals surface area (Å²) in [7, 11) is 0. The van der Waals surface area contributed by atoms with Gasteiger partial charge in [-0.3, -0.25) is 4.79 Å². The number of nitrogens with zero attached hydrogens (tertiary/aromatic N) is 2. The van der Waals surface area contributed by atoms with Crippen LogP contribution in [0.1, 0.15) is 31.9 Å². The first-order valence-corrected chi connectivity index (χ1v) is 7.51. The molecule has 18 heavy (non-hydrogen) atoms. The number of esters is 1. The van der Waals surface area contributed by atoms with E-state index in [0.29, 0.717) is 19.1 Å². The Balaban J connectivity index is 1.65. The molecule has 2 bridgehead atoms. The number of hydrogen-bond donors (Lipinski definition) is 0. The standard InChI is InChI=1S/C13H18N2O2S/c1-2-17-12(16)6-10-8-18-13(14-10)15-7-9-3-4-11(15)5-9/h8-9,11H,2-7H2,1H3. The van der Waals surface area contributed by atoms with Gasteiger partial charge in [-0.2, -0.15) is 0 Å². The maximum atomic E-state index is 11.4. The third kappa shape index (κ3) is 2.23. The number of thiazole rings is 1. The second kappa shape index (κ2) is 4.88. The molecule has 1 aliphatic heterocycles. The predicted molar refractivity (Wildman–Crippen MR) is 70.9 cm³/mol. The fraction of sp³-hybridized carbons (Fsp3) is 0.692. The first-order chi connectivity index (χ1) is 8.76.